The van der Waals surface area contributed by atoms with Crippen LogP contribution in [0, 0.1) is 5.41 Å². The SMILES string of the molecule is O=C(N1CCC(O)CC1)C1(C(F)(F)F)CC1. The quantitative estimate of drug-likeness (QED) is 0.747. The Morgan fingerprint density at radius 2 is 1.75 bits per heavy atom. The molecule has 1 saturated heterocycles. The maximum atomic E-state index is 12.7. The molecule has 1 amide bonds. The van der Waals surface area contributed by atoms with Gasteiger partial charge in [-0.3, -0.25) is 4.79 Å². The van der Waals surface area contributed by atoms with Gasteiger partial charge in [0.2, 0.25) is 5.91 Å². The molecule has 1 aliphatic heterocycles. The van der Waals surface area contributed by atoms with Gasteiger partial charge < -0.3 is 10.0 Å². The summed E-state index contributed by atoms with van der Waals surface area (Å²) in [4.78, 5) is 13.0. The normalized spacial score (nSPS) is 25.6. The van der Waals surface area contributed by atoms with Gasteiger partial charge in [-0.25, -0.2) is 0 Å². The monoisotopic (exact) mass is 237 g/mol. The highest BCUT2D eigenvalue weighted by atomic mass is 19.4. The van der Waals surface area contributed by atoms with E-state index < -0.39 is 23.6 Å². The zero-order valence-corrected chi connectivity index (χ0v) is 8.76. The van der Waals surface area contributed by atoms with Gasteiger partial charge in [0.15, 0.2) is 0 Å². The molecule has 0 aromatic carbocycles. The van der Waals surface area contributed by atoms with Crippen molar-refractivity contribution in [2.24, 2.45) is 5.41 Å². The third-order valence-electron chi connectivity index (χ3n) is 3.45. The number of carbonyl (C=O) groups is 1. The minimum absolute atomic E-state index is 0.0889. The van der Waals surface area contributed by atoms with Crippen LogP contribution in [0.5, 0.6) is 0 Å². The molecule has 2 rings (SSSR count). The first-order chi connectivity index (χ1) is 7.37. The van der Waals surface area contributed by atoms with Crippen molar-refractivity contribution in [3.8, 4) is 0 Å². The third kappa shape index (κ3) is 1.79. The molecule has 0 atom stereocenters. The molecule has 16 heavy (non-hydrogen) atoms. The highest BCUT2D eigenvalue weighted by Crippen LogP contribution is 2.58. The molecule has 0 radical (unpaired) electrons. The number of amides is 1. The van der Waals surface area contributed by atoms with E-state index in [2.05, 4.69) is 0 Å². The van der Waals surface area contributed by atoms with E-state index in [4.69, 9.17) is 0 Å². The van der Waals surface area contributed by atoms with Crippen molar-refractivity contribution in [1.82, 2.24) is 4.90 Å². The van der Waals surface area contributed by atoms with E-state index in [1.807, 2.05) is 0 Å². The molecule has 0 unspecified atom stereocenters. The van der Waals surface area contributed by atoms with Gasteiger partial charge in [0.05, 0.1) is 6.10 Å². The zero-order valence-electron chi connectivity index (χ0n) is 8.76. The van der Waals surface area contributed by atoms with E-state index >= 15 is 0 Å². The predicted octanol–water partition coefficient (Wildman–Crippen LogP) is 1.31. The molecular formula is C10H14F3NO2. The van der Waals surface area contributed by atoms with E-state index in [-0.39, 0.29) is 25.9 Å². The number of rotatable bonds is 1. The highest BCUT2D eigenvalue weighted by Gasteiger charge is 2.69. The Bertz CT molecular complexity index is 291. The van der Waals surface area contributed by atoms with E-state index in [1.165, 1.54) is 4.90 Å². The molecule has 0 spiro atoms. The summed E-state index contributed by atoms with van der Waals surface area (Å²) in [7, 11) is 0. The summed E-state index contributed by atoms with van der Waals surface area (Å²) in [5, 5.41) is 9.23. The molecule has 1 heterocycles. The van der Waals surface area contributed by atoms with E-state index in [0.29, 0.717) is 12.8 Å². The number of alkyl halides is 3. The summed E-state index contributed by atoms with van der Waals surface area (Å²) in [6, 6.07) is 0. The van der Waals surface area contributed by atoms with Gasteiger partial charge in [0.25, 0.3) is 0 Å². The minimum Gasteiger partial charge on any atom is -0.393 e. The fourth-order valence-corrected chi connectivity index (χ4v) is 2.12. The first-order valence-corrected chi connectivity index (χ1v) is 5.41. The highest BCUT2D eigenvalue weighted by molar-refractivity contribution is 5.86. The van der Waals surface area contributed by atoms with Gasteiger partial charge in [0.1, 0.15) is 5.41 Å². The van der Waals surface area contributed by atoms with Crippen LogP contribution in [0.25, 0.3) is 0 Å². The summed E-state index contributed by atoms with van der Waals surface area (Å²) in [5.41, 5.74) is -2.10. The van der Waals surface area contributed by atoms with Crippen molar-refractivity contribution >= 4 is 5.91 Å². The van der Waals surface area contributed by atoms with Crippen LogP contribution in [0.3, 0.4) is 0 Å². The number of carbonyl (C=O) groups excluding carboxylic acids is 1. The third-order valence-corrected chi connectivity index (χ3v) is 3.45. The lowest BCUT2D eigenvalue weighted by Crippen LogP contribution is -2.48. The van der Waals surface area contributed by atoms with Gasteiger partial charge in [-0.1, -0.05) is 0 Å². The summed E-state index contributed by atoms with van der Waals surface area (Å²) in [5.74, 6) is -0.799. The molecule has 0 aromatic rings. The van der Waals surface area contributed by atoms with Crippen LogP contribution in [0.1, 0.15) is 25.7 Å². The molecule has 1 N–H and O–H groups in total. The molecule has 3 nitrogen and oxygen atoms in total. The molecule has 92 valence electrons. The Morgan fingerprint density at radius 1 is 1.25 bits per heavy atom. The van der Waals surface area contributed by atoms with Crippen molar-refractivity contribution in [3.63, 3.8) is 0 Å². The topological polar surface area (TPSA) is 40.5 Å². The smallest absolute Gasteiger partial charge is 0.393 e. The Labute approximate surface area is 91.2 Å². The maximum absolute atomic E-state index is 12.7. The molecule has 2 fully saturated rings. The molecule has 0 bridgehead atoms. The predicted molar refractivity (Wildman–Crippen MR) is 49.5 cm³/mol. The van der Waals surface area contributed by atoms with Crippen molar-refractivity contribution in [2.75, 3.05) is 13.1 Å². The van der Waals surface area contributed by atoms with Crippen molar-refractivity contribution in [2.45, 2.75) is 38.0 Å². The maximum Gasteiger partial charge on any atom is 0.403 e. The summed E-state index contributed by atoms with van der Waals surface area (Å²) < 4.78 is 38.0. The Balaban J connectivity index is 2.03. The number of nitrogens with zero attached hydrogens (tertiary/aromatic N) is 1. The van der Waals surface area contributed by atoms with Crippen LogP contribution >= 0.6 is 0 Å². The Morgan fingerprint density at radius 3 is 2.12 bits per heavy atom. The van der Waals surface area contributed by atoms with Crippen LogP contribution in [0.2, 0.25) is 0 Å². The molecular weight excluding hydrogens is 223 g/mol. The van der Waals surface area contributed by atoms with Gasteiger partial charge >= 0.3 is 6.18 Å². The molecule has 1 saturated carbocycles. The van der Waals surface area contributed by atoms with Gasteiger partial charge in [-0.2, -0.15) is 13.2 Å². The fourth-order valence-electron chi connectivity index (χ4n) is 2.12. The number of hydrogen-bond donors (Lipinski definition) is 1. The lowest BCUT2D eigenvalue weighted by Gasteiger charge is -2.33. The average Bonchev–Trinajstić information content (AvgIpc) is 2.97. The average molecular weight is 237 g/mol. The molecule has 0 aromatic heterocycles. The first kappa shape index (κ1) is 11.7. The second-order valence-electron chi connectivity index (χ2n) is 4.60. The molecule has 6 heteroatoms. The lowest BCUT2D eigenvalue weighted by atomic mass is 10.0. The van der Waals surface area contributed by atoms with Crippen LogP contribution in [-0.2, 0) is 4.79 Å². The number of likely N-dealkylation sites (tertiary alicyclic amines) is 1. The van der Waals surface area contributed by atoms with E-state index in [0.717, 1.165) is 0 Å². The largest absolute Gasteiger partial charge is 0.403 e. The van der Waals surface area contributed by atoms with Crippen LogP contribution < -0.4 is 0 Å². The van der Waals surface area contributed by atoms with Crippen molar-refractivity contribution in [1.29, 1.82) is 0 Å². The standard InChI is InChI=1S/C10H14F3NO2/c11-10(12,13)9(3-4-9)8(16)14-5-1-7(15)2-6-14/h7,15H,1-6H2. The number of aliphatic hydroxyl groups is 1. The van der Waals surface area contributed by atoms with Crippen LogP contribution in [-0.4, -0.2) is 41.3 Å². The van der Waals surface area contributed by atoms with E-state index in [1.54, 1.807) is 0 Å². The second-order valence-corrected chi connectivity index (χ2v) is 4.60. The summed E-state index contributed by atoms with van der Waals surface area (Å²) >= 11 is 0. The molecule has 2 aliphatic rings. The summed E-state index contributed by atoms with van der Waals surface area (Å²) in [6.45, 7) is 0.468. The van der Waals surface area contributed by atoms with E-state index in [9.17, 15) is 23.1 Å². The number of hydrogen-bond acceptors (Lipinski definition) is 2. The number of piperidine rings is 1. The number of halogens is 3. The van der Waals surface area contributed by atoms with Gasteiger partial charge in [0, 0.05) is 13.1 Å². The number of aliphatic hydroxyl groups excluding tert-OH is 1. The second kappa shape index (κ2) is 3.61. The van der Waals surface area contributed by atoms with Crippen LogP contribution in [0.4, 0.5) is 13.2 Å². The van der Waals surface area contributed by atoms with Gasteiger partial charge in [-0.05, 0) is 25.7 Å². The van der Waals surface area contributed by atoms with Crippen LogP contribution in [0.15, 0.2) is 0 Å². The Kier molecular flexibility index (Phi) is 2.64. The zero-order chi connectivity index (χ0) is 12.0. The van der Waals surface area contributed by atoms with Gasteiger partial charge in [-0.15, -0.1) is 0 Å². The fraction of sp³-hybridized carbons (Fsp3) is 0.900. The minimum atomic E-state index is -4.43. The summed E-state index contributed by atoms with van der Waals surface area (Å²) in [6.07, 6.45) is -4.34. The first-order valence-electron chi connectivity index (χ1n) is 5.41. The lowest BCUT2D eigenvalue weighted by molar-refractivity contribution is -0.199. The Hall–Kier alpha value is -0.780. The van der Waals surface area contributed by atoms with Crippen molar-refractivity contribution in [3.05, 3.63) is 0 Å². The molecule has 1 aliphatic carbocycles. The van der Waals surface area contributed by atoms with Crippen molar-refractivity contribution < 1.29 is 23.1 Å².